The fraction of sp³-hybridized carbons (Fsp3) is 0. The van der Waals surface area contributed by atoms with Crippen molar-refractivity contribution in [3.8, 4) is 11.6 Å². The van der Waals surface area contributed by atoms with E-state index in [9.17, 15) is 9.59 Å². The highest BCUT2D eigenvalue weighted by Gasteiger charge is 2.15. The minimum Gasteiger partial charge on any atom is -0.478 e. The SMILES string of the molecule is NC(=O)c1cccnc1Oc1ccccc1C(=O)O. The summed E-state index contributed by atoms with van der Waals surface area (Å²) in [6.07, 6.45) is 1.42. The lowest BCUT2D eigenvalue weighted by atomic mass is 10.2. The molecule has 3 N–H and O–H groups in total. The first-order valence-electron chi connectivity index (χ1n) is 5.34. The molecular formula is C13H10N2O4. The molecule has 0 aliphatic rings. The highest BCUT2D eigenvalue weighted by atomic mass is 16.5. The van der Waals surface area contributed by atoms with Crippen molar-refractivity contribution in [3.05, 3.63) is 53.7 Å². The second kappa shape index (κ2) is 5.18. The fourth-order valence-electron chi connectivity index (χ4n) is 1.50. The molecule has 0 aliphatic heterocycles. The van der Waals surface area contributed by atoms with E-state index < -0.39 is 11.9 Å². The zero-order valence-corrected chi connectivity index (χ0v) is 9.74. The number of ether oxygens (including phenoxy) is 1. The van der Waals surface area contributed by atoms with E-state index in [2.05, 4.69) is 4.98 Å². The van der Waals surface area contributed by atoms with Crippen LogP contribution < -0.4 is 10.5 Å². The van der Waals surface area contributed by atoms with Gasteiger partial charge in [0.15, 0.2) is 0 Å². The van der Waals surface area contributed by atoms with Crippen LogP contribution in [0, 0.1) is 0 Å². The van der Waals surface area contributed by atoms with Gasteiger partial charge in [0.1, 0.15) is 16.9 Å². The Morgan fingerprint density at radius 1 is 1.11 bits per heavy atom. The maximum atomic E-state index is 11.2. The van der Waals surface area contributed by atoms with Gasteiger partial charge in [-0.2, -0.15) is 0 Å². The summed E-state index contributed by atoms with van der Waals surface area (Å²) < 4.78 is 5.37. The highest BCUT2D eigenvalue weighted by Crippen LogP contribution is 2.26. The number of hydrogen-bond donors (Lipinski definition) is 2. The Labute approximate surface area is 108 Å². The molecule has 0 radical (unpaired) electrons. The van der Waals surface area contributed by atoms with Gasteiger partial charge < -0.3 is 15.6 Å². The number of pyridine rings is 1. The number of rotatable bonds is 4. The van der Waals surface area contributed by atoms with Crippen molar-refractivity contribution in [2.75, 3.05) is 0 Å². The molecule has 1 aromatic heterocycles. The zero-order valence-electron chi connectivity index (χ0n) is 9.74. The van der Waals surface area contributed by atoms with Crippen molar-refractivity contribution in [3.63, 3.8) is 0 Å². The van der Waals surface area contributed by atoms with Crippen LogP contribution in [0.4, 0.5) is 0 Å². The number of carbonyl (C=O) groups is 2. The fourth-order valence-corrected chi connectivity index (χ4v) is 1.50. The average Bonchev–Trinajstić information content (AvgIpc) is 2.39. The summed E-state index contributed by atoms with van der Waals surface area (Å²) in [6.45, 7) is 0. The molecule has 1 heterocycles. The van der Waals surface area contributed by atoms with E-state index in [0.717, 1.165) is 0 Å². The number of aromatic nitrogens is 1. The van der Waals surface area contributed by atoms with Crippen LogP contribution in [-0.4, -0.2) is 22.0 Å². The van der Waals surface area contributed by atoms with E-state index in [-0.39, 0.29) is 22.8 Å². The molecule has 1 aromatic carbocycles. The number of carboxylic acids is 1. The number of nitrogens with two attached hydrogens (primary N) is 1. The second-order valence-corrected chi connectivity index (χ2v) is 3.62. The van der Waals surface area contributed by atoms with E-state index >= 15 is 0 Å². The van der Waals surface area contributed by atoms with E-state index in [1.165, 1.54) is 30.5 Å². The predicted octanol–water partition coefficient (Wildman–Crippen LogP) is 1.67. The maximum Gasteiger partial charge on any atom is 0.339 e. The van der Waals surface area contributed by atoms with Crippen LogP contribution in [-0.2, 0) is 0 Å². The quantitative estimate of drug-likeness (QED) is 0.868. The second-order valence-electron chi connectivity index (χ2n) is 3.62. The Kier molecular flexibility index (Phi) is 3.42. The number of carbonyl (C=O) groups excluding carboxylic acids is 1. The minimum atomic E-state index is -1.13. The van der Waals surface area contributed by atoms with Gasteiger partial charge in [-0.1, -0.05) is 12.1 Å². The van der Waals surface area contributed by atoms with Gasteiger partial charge >= 0.3 is 5.97 Å². The van der Waals surface area contributed by atoms with Gasteiger partial charge in [-0.25, -0.2) is 9.78 Å². The van der Waals surface area contributed by atoms with Crippen molar-refractivity contribution in [1.29, 1.82) is 0 Å². The number of para-hydroxylation sites is 1. The topological polar surface area (TPSA) is 103 Å². The van der Waals surface area contributed by atoms with E-state index in [1.54, 1.807) is 12.1 Å². The summed E-state index contributed by atoms with van der Waals surface area (Å²) in [6, 6.07) is 9.05. The minimum absolute atomic E-state index is 0.0244. The van der Waals surface area contributed by atoms with Gasteiger partial charge in [-0.3, -0.25) is 4.79 Å². The van der Waals surface area contributed by atoms with Crippen LogP contribution in [0.3, 0.4) is 0 Å². The Balaban J connectivity index is 2.42. The average molecular weight is 258 g/mol. The van der Waals surface area contributed by atoms with Crippen LogP contribution in [0.5, 0.6) is 11.6 Å². The molecule has 0 spiro atoms. The van der Waals surface area contributed by atoms with Crippen LogP contribution >= 0.6 is 0 Å². The van der Waals surface area contributed by atoms with Crippen molar-refractivity contribution in [1.82, 2.24) is 4.98 Å². The zero-order chi connectivity index (χ0) is 13.8. The molecule has 0 bridgehead atoms. The Bertz CT molecular complexity index is 585. The van der Waals surface area contributed by atoms with Crippen molar-refractivity contribution in [2.45, 2.75) is 0 Å². The van der Waals surface area contributed by atoms with Gasteiger partial charge in [-0.15, -0.1) is 0 Å². The first-order valence-corrected chi connectivity index (χ1v) is 5.34. The molecule has 96 valence electrons. The van der Waals surface area contributed by atoms with E-state index in [0.29, 0.717) is 0 Å². The molecule has 1 amide bonds. The number of nitrogens with zero attached hydrogens (tertiary/aromatic N) is 1. The lowest BCUT2D eigenvalue weighted by molar-refractivity contribution is 0.0694. The highest BCUT2D eigenvalue weighted by molar-refractivity contribution is 5.95. The molecule has 19 heavy (non-hydrogen) atoms. The van der Waals surface area contributed by atoms with Crippen LogP contribution in [0.1, 0.15) is 20.7 Å². The normalized spacial score (nSPS) is 9.89. The number of benzene rings is 1. The monoisotopic (exact) mass is 258 g/mol. The Morgan fingerprint density at radius 2 is 1.79 bits per heavy atom. The standard InChI is InChI=1S/C13H10N2O4/c14-11(16)9-5-3-7-15-12(9)19-10-6-2-1-4-8(10)13(17)18/h1-7H,(H2,14,16)(H,17,18). The smallest absolute Gasteiger partial charge is 0.339 e. The number of primary amides is 1. The summed E-state index contributed by atoms with van der Waals surface area (Å²) in [7, 11) is 0. The first kappa shape index (κ1) is 12.6. The molecule has 0 saturated carbocycles. The van der Waals surface area contributed by atoms with E-state index in [4.69, 9.17) is 15.6 Å². The molecule has 6 nitrogen and oxygen atoms in total. The molecule has 6 heteroatoms. The molecule has 2 rings (SSSR count). The molecule has 2 aromatic rings. The van der Waals surface area contributed by atoms with Crippen LogP contribution in [0.25, 0.3) is 0 Å². The predicted molar refractivity (Wildman–Crippen MR) is 66.2 cm³/mol. The molecule has 0 aliphatic carbocycles. The van der Waals surface area contributed by atoms with E-state index in [1.807, 2.05) is 0 Å². The van der Waals surface area contributed by atoms with Crippen molar-refractivity contribution in [2.24, 2.45) is 5.73 Å². The maximum absolute atomic E-state index is 11.2. The van der Waals surface area contributed by atoms with Crippen LogP contribution in [0.15, 0.2) is 42.6 Å². The van der Waals surface area contributed by atoms with Gasteiger partial charge in [0.2, 0.25) is 5.88 Å². The van der Waals surface area contributed by atoms with Gasteiger partial charge in [-0.05, 0) is 24.3 Å². The third kappa shape index (κ3) is 2.68. The molecule has 0 atom stereocenters. The van der Waals surface area contributed by atoms with Crippen molar-refractivity contribution >= 4 is 11.9 Å². The van der Waals surface area contributed by atoms with Gasteiger partial charge in [0.05, 0.1) is 0 Å². The molecule has 0 fully saturated rings. The third-order valence-corrected chi connectivity index (χ3v) is 2.36. The van der Waals surface area contributed by atoms with Crippen molar-refractivity contribution < 1.29 is 19.4 Å². The third-order valence-electron chi connectivity index (χ3n) is 2.36. The number of amides is 1. The van der Waals surface area contributed by atoms with Gasteiger partial charge in [0, 0.05) is 6.20 Å². The number of aromatic carboxylic acids is 1. The summed E-state index contributed by atoms with van der Waals surface area (Å²) in [5, 5.41) is 9.03. The van der Waals surface area contributed by atoms with Crippen LogP contribution in [0.2, 0.25) is 0 Å². The molecular weight excluding hydrogens is 248 g/mol. The lowest BCUT2D eigenvalue weighted by Gasteiger charge is -2.09. The Hall–Kier alpha value is -2.89. The largest absolute Gasteiger partial charge is 0.478 e. The Morgan fingerprint density at radius 3 is 2.47 bits per heavy atom. The summed E-state index contributed by atoms with van der Waals surface area (Å²) in [5.41, 5.74) is 5.25. The summed E-state index contributed by atoms with van der Waals surface area (Å²) in [5.74, 6) is -1.76. The summed E-state index contributed by atoms with van der Waals surface area (Å²) >= 11 is 0. The van der Waals surface area contributed by atoms with Gasteiger partial charge in [0.25, 0.3) is 5.91 Å². The number of hydrogen-bond acceptors (Lipinski definition) is 4. The molecule has 0 saturated heterocycles. The lowest BCUT2D eigenvalue weighted by Crippen LogP contribution is -2.13. The summed E-state index contributed by atoms with van der Waals surface area (Å²) in [4.78, 5) is 26.1. The number of carboxylic acid groups (broad SMARTS) is 1. The first-order chi connectivity index (χ1) is 9.09. The molecule has 0 unspecified atom stereocenters.